The van der Waals surface area contributed by atoms with Crippen molar-refractivity contribution in [3.05, 3.63) is 134 Å². The predicted octanol–water partition coefficient (Wildman–Crippen LogP) is 9.63. The Morgan fingerprint density at radius 2 is 1.07 bits per heavy atom. The van der Waals surface area contributed by atoms with Crippen LogP contribution >= 0.6 is 0 Å². The summed E-state index contributed by atoms with van der Waals surface area (Å²) < 4.78 is 6.34. The van der Waals surface area contributed by atoms with Gasteiger partial charge < -0.3 is 4.42 Å². The van der Waals surface area contributed by atoms with E-state index in [2.05, 4.69) is 108 Å². The van der Waals surface area contributed by atoms with Crippen molar-refractivity contribution < 1.29 is 4.42 Å². The van der Waals surface area contributed by atoms with Crippen molar-refractivity contribution in [3.63, 3.8) is 0 Å². The predicted molar refractivity (Wildman–Crippen MR) is 174 cm³/mol. The van der Waals surface area contributed by atoms with Gasteiger partial charge in [0.2, 0.25) is 0 Å². The van der Waals surface area contributed by atoms with Gasteiger partial charge in [0.15, 0.2) is 17.5 Å². The third-order valence-electron chi connectivity index (χ3n) is 8.11. The Hall–Kier alpha value is -5.94. The second-order valence-electron chi connectivity index (χ2n) is 10.8. The lowest BCUT2D eigenvalue weighted by Gasteiger charge is -2.10. The van der Waals surface area contributed by atoms with Crippen LogP contribution in [0, 0.1) is 0 Å². The van der Waals surface area contributed by atoms with Gasteiger partial charge in [-0.1, -0.05) is 91.0 Å². The number of hydrogen-bond donors (Lipinski definition) is 0. The van der Waals surface area contributed by atoms with Crippen molar-refractivity contribution in [3.8, 4) is 34.2 Å². The van der Waals surface area contributed by atoms with Crippen LogP contribution in [0.5, 0.6) is 0 Å². The topological polar surface area (TPSA) is 64.7 Å². The van der Waals surface area contributed by atoms with E-state index in [1.807, 2.05) is 24.3 Å². The van der Waals surface area contributed by atoms with Gasteiger partial charge in [-0.15, -0.1) is 0 Å². The summed E-state index contributed by atoms with van der Waals surface area (Å²) in [6.07, 6.45) is 1.80. The number of rotatable bonds is 3. The van der Waals surface area contributed by atoms with E-state index < -0.39 is 0 Å². The SMILES string of the molecule is c1ccc2cc(-c3nc(-c4ccc5ccccc5c4)nc(-c4cccc5oc6cc7ncccc7cc6c45)n3)ccc2c1. The first-order valence-corrected chi connectivity index (χ1v) is 14.2. The van der Waals surface area contributed by atoms with Crippen molar-refractivity contribution in [1.82, 2.24) is 19.9 Å². The zero-order chi connectivity index (χ0) is 28.3. The molecule has 5 nitrogen and oxygen atoms in total. The number of pyridine rings is 1. The minimum absolute atomic E-state index is 0.598. The zero-order valence-electron chi connectivity index (χ0n) is 22.9. The minimum Gasteiger partial charge on any atom is -0.456 e. The number of furan rings is 1. The molecule has 43 heavy (non-hydrogen) atoms. The summed E-state index contributed by atoms with van der Waals surface area (Å²) in [6.45, 7) is 0. The van der Waals surface area contributed by atoms with E-state index in [4.69, 9.17) is 19.4 Å². The molecule has 0 aliphatic heterocycles. The second kappa shape index (κ2) is 9.29. The Kier molecular flexibility index (Phi) is 5.13. The highest BCUT2D eigenvalue weighted by Crippen LogP contribution is 2.38. The summed E-state index contributed by atoms with van der Waals surface area (Å²) in [5.74, 6) is 1.85. The third kappa shape index (κ3) is 3.94. The van der Waals surface area contributed by atoms with Crippen molar-refractivity contribution in [1.29, 1.82) is 0 Å². The highest BCUT2D eigenvalue weighted by Gasteiger charge is 2.18. The molecule has 3 heterocycles. The molecule has 0 N–H and O–H groups in total. The second-order valence-corrected chi connectivity index (χ2v) is 10.8. The molecule has 0 aliphatic carbocycles. The van der Waals surface area contributed by atoms with E-state index in [-0.39, 0.29) is 0 Å². The fourth-order valence-electron chi connectivity index (χ4n) is 5.99. The molecule has 0 aliphatic rings. The van der Waals surface area contributed by atoms with Crippen molar-refractivity contribution in [2.75, 3.05) is 0 Å². The Bertz CT molecular complexity index is 2430. The van der Waals surface area contributed by atoms with Gasteiger partial charge in [-0.25, -0.2) is 15.0 Å². The molecule has 0 atom stereocenters. The van der Waals surface area contributed by atoms with E-state index >= 15 is 0 Å². The maximum Gasteiger partial charge on any atom is 0.164 e. The Labute approximate surface area is 246 Å². The maximum absolute atomic E-state index is 6.34. The van der Waals surface area contributed by atoms with Gasteiger partial charge in [0.05, 0.1) is 5.52 Å². The number of benzene rings is 6. The molecule has 0 bridgehead atoms. The molecule has 0 fully saturated rings. The largest absolute Gasteiger partial charge is 0.456 e. The fourth-order valence-corrected chi connectivity index (χ4v) is 5.99. The molecule has 0 spiro atoms. The highest BCUT2D eigenvalue weighted by molar-refractivity contribution is 6.14. The molecule has 0 unspecified atom stereocenters. The summed E-state index contributed by atoms with van der Waals surface area (Å²) in [4.78, 5) is 19.7. The quantitative estimate of drug-likeness (QED) is 0.219. The van der Waals surface area contributed by atoms with Gasteiger partial charge in [-0.05, 0) is 51.9 Å². The van der Waals surface area contributed by atoms with Gasteiger partial charge in [-0.3, -0.25) is 4.98 Å². The van der Waals surface area contributed by atoms with Crippen LogP contribution in [0.3, 0.4) is 0 Å². The number of aromatic nitrogens is 4. The van der Waals surface area contributed by atoms with Crippen LogP contribution in [-0.2, 0) is 0 Å². The number of nitrogens with zero attached hydrogens (tertiary/aromatic N) is 4. The van der Waals surface area contributed by atoms with Gasteiger partial charge in [0, 0.05) is 45.1 Å². The van der Waals surface area contributed by atoms with Crippen LogP contribution < -0.4 is 0 Å². The van der Waals surface area contributed by atoms with Crippen LogP contribution in [0.15, 0.2) is 138 Å². The van der Waals surface area contributed by atoms with Crippen LogP contribution in [0.2, 0.25) is 0 Å². The molecule has 200 valence electrons. The molecule has 3 aromatic heterocycles. The normalized spacial score (nSPS) is 11.7. The molecular formula is C38H22N4O. The zero-order valence-corrected chi connectivity index (χ0v) is 22.9. The molecule has 0 radical (unpaired) electrons. The van der Waals surface area contributed by atoms with Crippen molar-refractivity contribution >= 4 is 54.4 Å². The van der Waals surface area contributed by atoms with Crippen LogP contribution in [-0.4, -0.2) is 19.9 Å². The van der Waals surface area contributed by atoms with E-state index in [1.165, 1.54) is 10.8 Å². The first-order chi connectivity index (χ1) is 21.3. The van der Waals surface area contributed by atoms with Gasteiger partial charge in [0.25, 0.3) is 0 Å². The van der Waals surface area contributed by atoms with Gasteiger partial charge >= 0.3 is 0 Å². The summed E-state index contributed by atoms with van der Waals surface area (Å²) in [6, 6.07) is 43.6. The summed E-state index contributed by atoms with van der Waals surface area (Å²) in [7, 11) is 0. The van der Waals surface area contributed by atoms with E-state index in [1.54, 1.807) is 6.20 Å². The third-order valence-corrected chi connectivity index (χ3v) is 8.11. The van der Waals surface area contributed by atoms with Crippen LogP contribution in [0.4, 0.5) is 0 Å². The highest BCUT2D eigenvalue weighted by atomic mass is 16.3. The first kappa shape index (κ1) is 23.7. The van der Waals surface area contributed by atoms with E-state index in [0.29, 0.717) is 17.5 Å². The molecule has 9 aromatic rings. The molecule has 0 amide bonds. The lowest BCUT2D eigenvalue weighted by molar-refractivity contribution is 0.669. The molecule has 0 saturated carbocycles. The average molecular weight is 551 g/mol. The number of fused-ring (bicyclic) bond motifs is 6. The molecule has 5 heteroatoms. The summed E-state index contributed by atoms with van der Waals surface area (Å²) in [5.41, 5.74) is 5.23. The molecule has 6 aromatic carbocycles. The average Bonchev–Trinajstić information content (AvgIpc) is 3.44. The molecular weight excluding hydrogens is 528 g/mol. The lowest BCUT2D eigenvalue weighted by Crippen LogP contribution is -2.00. The smallest absolute Gasteiger partial charge is 0.164 e. The van der Waals surface area contributed by atoms with Crippen LogP contribution in [0.25, 0.3) is 88.5 Å². The van der Waals surface area contributed by atoms with Crippen molar-refractivity contribution in [2.45, 2.75) is 0 Å². The van der Waals surface area contributed by atoms with E-state index in [0.717, 1.165) is 60.3 Å². The first-order valence-electron chi connectivity index (χ1n) is 14.2. The lowest BCUT2D eigenvalue weighted by atomic mass is 10.0. The Morgan fingerprint density at radius 1 is 0.442 bits per heavy atom. The molecule has 9 rings (SSSR count). The maximum atomic E-state index is 6.34. The van der Waals surface area contributed by atoms with Crippen LogP contribution in [0.1, 0.15) is 0 Å². The Morgan fingerprint density at radius 3 is 1.77 bits per heavy atom. The molecule has 0 saturated heterocycles. The van der Waals surface area contributed by atoms with Gasteiger partial charge in [-0.2, -0.15) is 0 Å². The fraction of sp³-hybridized carbons (Fsp3) is 0. The van der Waals surface area contributed by atoms with Crippen molar-refractivity contribution in [2.24, 2.45) is 0 Å². The summed E-state index contributed by atoms with van der Waals surface area (Å²) >= 11 is 0. The monoisotopic (exact) mass is 550 g/mol. The number of hydrogen-bond acceptors (Lipinski definition) is 5. The minimum atomic E-state index is 0.598. The summed E-state index contributed by atoms with van der Waals surface area (Å²) in [5, 5.41) is 7.65. The van der Waals surface area contributed by atoms with E-state index in [9.17, 15) is 0 Å². The Balaban J connectivity index is 1.32. The standard InChI is InChI=1S/C38H22N4O/c1-3-9-25-19-28(16-14-23(25)7-1)36-40-37(29-17-15-24-8-2-4-10-26(24)20-29)42-38(41-36)30-12-5-13-33-35(30)31-21-27-11-6-18-39-32(27)22-34(31)43-33/h1-22H. The van der Waals surface area contributed by atoms with Gasteiger partial charge in [0.1, 0.15) is 11.2 Å².